The van der Waals surface area contributed by atoms with Crippen molar-refractivity contribution in [1.82, 2.24) is 15.0 Å². The summed E-state index contributed by atoms with van der Waals surface area (Å²) in [7, 11) is 0. The van der Waals surface area contributed by atoms with E-state index in [-0.39, 0.29) is 0 Å². The molecule has 1 unspecified atom stereocenters. The van der Waals surface area contributed by atoms with E-state index in [2.05, 4.69) is 183 Å². The first-order valence-corrected chi connectivity index (χ1v) is 20.0. The molecule has 10 rings (SSSR count). The van der Waals surface area contributed by atoms with Crippen molar-refractivity contribution in [2.75, 3.05) is 0 Å². The van der Waals surface area contributed by atoms with Gasteiger partial charge in [0.25, 0.3) is 0 Å². The lowest BCUT2D eigenvalue weighted by atomic mass is 9.90. The Kier molecular flexibility index (Phi) is 8.74. The molecule has 9 aromatic rings. The Morgan fingerprint density at radius 2 is 0.911 bits per heavy atom. The van der Waals surface area contributed by atoms with Crippen molar-refractivity contribution in [2.24, 2.45) is 0 Å². The summed E-state index contributed by atoms with van der Waals surface area (Å²) in [5.74, 6) is 2.47. The number of hydrogen-bond donors (Lipinski definition) is 0. The number of allylic oxidation sites excluding steroid dienone is 1. The van der Waals surface area contributed by atoms with Crippen LogP contribution in [0.15, 0.2) is 182 Å². The van der Waals surface area contributed by atoms with Gasteiger partial charge in [-0.15, -0.1) is 11.3 Å². The molecule has 2 aromatic heterocycles. The Bertz CT molecular complexity index is 2790. The highest BCUT2D eigenvalue weighted by Crippen LogP contribution is 2.43. The SMILES string of the molecule is CC1CC=Cc2sc3cc(-c4cccc(-c5ccc(-c6nc(-c7ccccc7-c7ccccc7)nc(-c7ccccc7-c7ccccc7)n6)cc5)c4)ccc3c21. The van der Waals surface area contributed by atoms with E-state index >= 15 is 0 Å². The Balaban J connectivity index is 1.04. The van der Waals surface area contributed by atoms with Crippen LogP contribution in [-0.4, -0.2) is 15.0 Å². The number of nitrogens with zero attached hydrogens (tertiary/aromatic N) is 3. The van der Waals surface area contributed by atoms with Gasteiger partial charge in [-0.3, -0.25) is 0 Å². The highest BCUT2D eigenvalue weighted by Gasteiger charge is 2.20. The maximum atomic E-state index is 5.19. The molecule has 0 spiro atoms. The molecular formula is C52H37N3S. The predicted octanol–water partition coefficient (Wildman–Crippen LogP) is 14.3. The molecule has 266 valence electrons. The van der Waals surface area contributed by atoms with E-state index in [0.717, 1.165) is 50.9 Å². The second-order valence-corrected chi connectivity index (χ2v) is 15.5. The van der Waals surface area contributed by atoms with Gasteiger partial charge in [0.05, 0.1) is 0 Å². The van der Waals surface area contributed by atoms with Gasteiger partial charge in [0.15, 0.2) is 17.5 Å². The number of benzene rings is 7. The van der Waals surface area contributed by atoms with Crippen molar-refractivity contribution in [2.45, 2.75) is 19.3 Å². The van der Waals surface area contributed by atoms with Crippen molar-refractivity contribution in [3.8, 4) is 78.7 Å². The van der Waals surface area contributed by atoms with Crippen LogP contribution in [0.25, 0.3) is 94.8 Å². The van der Waals surface area contributed by atoms with E-state index in [9.17, 15) is 0 Å². The van der Waals surface area contributed by atoms with Crippen molar-refractivity contribution >= 4 is 27.5 Å². The Hall–Kier alpha value is -6.75. The molecule has 4 heteroatoms. The summed E-state index contributed by atoms with van der Waals surface area (Å²) in [4.78, 5) is 16.9. The largest absolute Gasteiger partial charge is 0.208 e. The van der Waals surface area contributed by atoms with Crippen LogP contribution in [0.5, 0.6) is 0 Å². The second kappa shape index (κ2) is 14.5. The Morgan fingerprint density at radius 1 is 0.429 bits per heavy atom. The average Bonchev–Trinajstić information content (AvgIpc) is 3.66. The zero-order valence-corrected chi connectivity index (χ0v) is 31.7. The lowest BCUT2D eigenvalue weighted by Crippen LogP contribution is -2.02. The zero-order chi connectivity index (χ0) is 37.4. The van der Waals surface area contributed by atoms with Crippen LogP contribution in [0.1, 0.15) is 29.7 Å². The minimum atomic E-state index is 0.562. The lowest BCUT2D eigenvalue weighted by Gasteiger charge is -2.14. The first-order chi connectivity index (χ1) is 27.7. The fraction of sp³-hybridized carbons (Fsp3) is 0.0577. The van der Waals surface area contributed by atoms with Crippen molar-refractivity contribution < 1.29 is 0 Å². The van der Waals surface area contributed by atoms with Crippen LogP contribution in [0.4, 0.5) is 0 Å². The quantitative estimate of drug-likeness (QED) is 0.164. The standard InChI is InChI=1S/C52H37N3S/c1-34-14-12-25-47-49(34)46-31-30-41(33-48(46)56-47)40-20-13-19-39(32-40)35-26-28-38(29-27-35)50-53-51(44-23-10-8-21-42(44)36-15-4-2-5-16-36)55-52(54-50)45-24-11-9-22-43(45)37-17-6-3-7-18-37/h2-13,15-34H,14H2,1H3. The van der Waals surface area contributed by atoms with Crippen LogP contribution in [0.2, 0.25) is 0 Å². The number of hydrogen-bond acceptors (Lipinski definition) is 4. The maximum absolute atomic E-state index is 5.19. The molecule has 7 aromatic carbocycles. The molecule has 0 saturated carbocycles. The third-order valence-electron chi connectivity index (χ3n) is 10.8. The molecule has 56 heavy (non-hydrogen) atoms. The summed E-state index contributed by atoms with van der Waals surface area (Å²) in [5.41, 5.74) is 13.5. The molecule has 0 aliphatic heterocycles. The number of aromatic nitrogens is 3. The van der Waals surface area contributed by atoms with Gasteiger partial charge in [0, 0.05) is 26.3 Å². The number of fused-ring (bicyclic) bond motifs is 3. The highest BCUT2D eigenvalue weighted by atomic mass is 32.1. The normalized spacial score (nSPS) is 13.5. The van der Waals surface area contributed by atoms with E-state index < -0.39 is 0 Å². The van der Waals surface area contributed by atoms with E-state index in [1.807, 2.05) is 23.5 Å². The van der Waals surface area contributed by atoms with E-state index in [1.165, 1.54) is 37.2 Å². The molecule has 0 fully saturated rings. The predicted molar refractivity (Wildman–Crippen MR) is 235 cm³/mol. The molecule has 0 bridgehead atoms. The summed E-state index contributed by atoms with van der Waals surface area (Å²) in [6, 6.07) is 62.0. The maximum Gasteiger partial charge on any atom is 0.164 e. The molecule has 1 atom stereocenters. The summed E-state index contributed by atoms with van der Waals surface area (Å²) >= 11 is 1.91. The van der Waals surface area contributed by atoms with Gasteiger partial charge in [-0.2, -0.15) is 0 Å². The topological polar surface area (TPSA) is 38.7 Å². The third kappa shape index (κ3) is 6.34. The first kappa shape index (κ1) is 33.8. The highest BCUT2D eigenvalue weighted by molar-refractivity contribution is 7.20. The minimum Gasteiger partial charge on any atom is -0.208 e. The van der Waals surface area contributed by atoms with Crippen LogP contribution in [-0.2, 0) is 0 Å². The summed E-state index contributed by atoms with van der Waals surface area (Å²) in [5, 5.41) is 1.40. The van der Waals surface area contributed by atoms with Gasteiger partial charge in [-0.05, 0) is 86.0 Å². The Labute approximate surface area is 331 Å². The first-order valence-electron chi connectivity index (χ1n) is 19.2. The zero-order valence-electron chi connectivity index (χ0n) is 30.9. The number of thiophene rings is 1. The monoisotopic (exact) mass is 735 g/mol. The number of rotatable bonds is 7. The van der Waals surface area contributed by atoms with Crippen molar-refractivity contribution in [3.05, 3.63) is 192 Å². The van der Waals surface area contributed by atoms with Crippen LogP contribution in [0.3, 0.4) is 0 Å². The summed E-state index contributed by atoms with van der Waals surface area (Å²) < 4.78 is 1.36. The third-order valence-corrected chi connectivity index (χ3v) is 12.0. The van der Waals surface area contributed by atoms with Gasteiger partial charge in [0.2, 0.25) is 0 Å². The van der Waals surface area contributed by atoms with Gasteiger partial charge in [-0.1, -0.05) is 177 Å². The molecule has 2 heterocycles. The molecule has 0 radical (unpaired) electrons. The summed E-state index contributed by atoms with van der Waals surface area (Å²) in [6.45, 7) is 2.34. The molecule has 1 aliphatic carbocycles. The van der Waals surface area contributed by atoms with E-state index in [0.29, 0.717) is 23.4 Å². The van der Waals surface area contributed by atoms with E-state index in [4.69, 9.17) is 15.0 Å². The minimum absolute atomic E-state index is 0.562. The molecule has 1 aliphatic rings. The van der Waals surface area contributed by atoms with Gasteiger partial charge in [-0.25, -0.2) is 15.0 Å². The average molecular weight is 736 g/mol. The van der Waals surface area contributed by atoms with E-state index in [1.54, 1.807) is 0 Å². The molecule has 0 amide bonds. The summed E-state index contributed by atoms with van der Waals surface area (Å²) in [6.07, 6.45) is 5.73. The Morgan fingerprint density at radius 3 is 1.54 bits per heavy atom. The van der Waals surface area contributed by atoms with Gasteiger partial charge < -0.3 is 0 Å². The van der Waals surface area contributed by atoms with Crippen LogP contribution >= 0.6 is 11.3 Å². The fourth-order valence-corrected chi connectivity index (χ4v) is 9.27. The van der Waals surface area contributed by atoms with Crippen molar-refractivity contribution in [3.63, 3.8) is 0 Å². The van der Waals surface area contributed by atoms with Crippen molar-refractivity contribution in [1.29, 1.82) is 0 Å². The van der Waals surface area contributed by atoms with Gasteiger partial charge >= 0.3 is 0 Å². The molecule has 3 nitrogen and oxygen atoms in total. The smallest absolute Gasteiger partial charge is 0.164 e. The van der Waals surface area contributed by atoms with Crippen LogP contribution in [0, 0.1) is 0 Å². The molecule has 0 N–H and O–H groups in total. The lowest BCUT2D eigenvalue weighted by molar-refractivity contribution is 0.783. The van der Waals surface area contributed by atoms with Crippen LogP contribution < -0.4 is 0 Å². The molecular weight excluding hydrogens is 699 g/mol. The molecule has 0 saturated heterocycles. The van der Waals surface area contributed by atoms with Gasteiger partial charge in [0.1, 0.15) is 0 Å². The second-order valence-electron chi connectivity index (χ2n) is 14.4. The fourth-order valence-electron chi connectivity index (χ4n) is 7.98.